The van der Waals surface area contributed by atoms with Gasteiger partial charge in [-0.1, -0.05) is 11.8 Å². The molecule has 1 N–H and O–H groups in total. The standard InChI is InChI=1S/C14H18N4O2S/c1-2-18-12(11-4-3-8-20-11)16-17-14(18)21-9-6-10-5-7-15-13(10)19/h3-4,8,10H,2,5-7,9H2,1H3,(H,15,19)/t10-/m1/s1. The average molecular weight is 306 g/mol. The van der Waals surface area contributed by atoms with Crippen LogP contribution in [0.15, 0.2) is 28.0 Å². The molecule has 0 bridgehead atoms. The van der Waals surface area contributed by atoms with Gasteiger partial charge in [-0.15, -0.1) is 10.2 Å². The van der Waals surface area contributed by atoms with E-state index < -0.39 is 0 Å². The molecule has 0 spiro atoms. The Bertz CT molecular complexity index is 609. The van der Waals surface area contributed by atoms with E-state index in [1.54, 1.807) is 18.0 Å². The summed E-state index contributed by atoms with van der Waals surface area (Å²) in [6, 6.07) is 3.73. The second kappa shape index (κ2) is 6.34. The van der Waals surface area contributed by atoms with Crippen molar-refractivity contribution < 1.29 is 9.21 Å². The molecule has 0 saturated carbocycles. The first-order valence-corrected chi connectivity index (χ1v) is 8.15. The van der Waals surface area contributed by atoms with Gasteiger partial charge in [0.2, 0.25) is 5.91 Å². The van der Waals surface area contributed by atoms with Crippen molar-refractivity contribution in [3.8, 4) is 11.6 Å². The van der Waals surface area contributed by atoms with E-state index in [0.29, 0.717) is 0 Å². The minimum atomic E-state index is 0.153. The van der Waals surface area contributed by atoms with Gasteiger partial charge in [0.1, 0.15) is 0 Å². The van der Waals surface area contributed by atoms with Crippen LogP contribution in [-0.4, -0.2) is 33.0 Å². The Morgan fingerprint density at radius 3 is 3.10 bits per heavy atom. The quantitative estimate of drug-likeness (QED) is 0.828. The average Bonchev–Trinajstić information content (AvgIpc) is 3.20. The lowest BCUT2D eigenvalue weighted by atomic mass is 10.1. The third-order valence-corrected chi connectivity index (χ3v) is 4.63. The molecule has 0 aromatic carbocycles. The van der Waals surface area contributed by atoms with E-state index in [-0.39, 0.29) is 11.8 Å². The lowest BCUT2D eigenvalue weighted by Gasteiger charge is -2.07. The minimum Gasteiger partial charge on any atom is -0.461 e. The van der Waals surface area contributed by atoms with E-state index in [0.717, 1.165) is 48.4 Å². The molecular formula is C14H18N4O2S. The van der Waals surface area contributed by atoms with Gasteiger partial charge in [-0.05, 0) is 31.9 Å². The van der Waals surface area contributed by atoms with Crippen LogP contribution in [-0.2, 0) is 11.3 Å². The van der Waals surface area contributed by atoms with E-state index in [2.05, 4.69) is 22.4 Å². The van der Waals surface area contributed by atoms with Crippen LogP contribution in [0.1, 0.15) is 19.8 Å². The Morgan fingerprint density at radius 2 is 2.43 bits per heavy atom. The molecule has 1 atom stereocenters. The molecule has 1 aliphatic heterocycles. The zero-order valence-electron chi connectivity index (χ0n) is 11.9. The molecule has 7 heteroatoms. The van der Waals surface area contributed by atoms with Gasteiger partial charge in [-0.3, -0.25) is 9.36 Å². The maximum Gasteiger partial charge on any atom is 0.223 e. The fraction of sp³-hybridized carbons (Fsp3) is 0.500. The Kier molecular flexibility index (Phi) is 4.28. The van der Waals surface area contributed by atoms with Crippen molar-refractivity contribution in [2.24, 2.45) is 5.92 Å². The fourth-order valence-corrected chi connectivity index (χ4v) is 3.54. The molecule has 0 aliphatic carbocycles. The monoisotopic (exact) mass is 306 g/mol. The fourth-order valence-electron chi connectivity index (χ4n) is 2.48. The van der Waals surface area contributed by atoms with Crippen LogP contribution in [0.3, 0.4) is 0 Å². The number of thioether (sulfide) groups is 1. The normalized spacial score (nSPS) is 18.1. The van der Waals surface area contributed by atoms with Gasteiger partial charge in [0, 0.05) is 24.8 Å². The molecule has 0 radical (unpaired) electrons. The maximum absolute atomic E-state index is 11.5. The van der Waals surface area contributed by atoms with Crippen LogP contribution >= 0.6 is 11.8 Å². The van der Waals surface area contributed by atoms with Crippen molar-refractivity contribution in [2.45, 2.75) is 31.5 Å². The van der Waals surface area contributed by atoms with Gasteiger partial charge in [-0.25, -0.2) is 0 Å². The molecule has 1 saturated heterocycles. The molecule has 2 aromatic rings. The van der Waals surface area contributed by atoms with Gasteiger partial charge in [0.05, 0.1) is 6.26 Å². The van der Waals surface area contributed by atoms with Crippen LogP contribution < -0.4 is 5.32 Å². The van der Waals surface area contributed by atoms with E-state index in [1.807, 2.05) is 16.7 Å². The Morgan fingerprint density at radius 1 is 1.52 bits per heavy atom. The van der Waals surface area contributed by atoms with E-state index >= 15 is 0 Å². The molecule has 3 rings (SSSR count). The molecule has 112 valence electrons. The summed E-state index contributed by atoms with van der Waals surface area (Å²) in [7, 11) is 0. The highest BCUT2D eigenvalue weighted by Crippen LogP contribution is 2.26. The highest BCUT2D eigenvalue weighted by Gasteiger charge is 2.24. The molecule has 1 fully saturated rings. The summed E-state index contributed by atoms with van der Waals surface area (Å²) in [6.07, 6.45) is 3.45. The summed E-state index contributed by atoms with van der Waals surface area (Å²) >= 11 is 1.65. The second-order valence-corrected chi connectivity index (χ2v) is 6.00. The number of carbonyl (C=O) groups is 1. The summed E-state index contributed by atoms with van der Waals surface area (Å²) in [5.74, 6) is 2.69. The zero-order valence-corrected chi connectivity index (χ0v) is 12.7. The lowest BCUT2D eigenvalue weighted by Crippen LogP contribution is -2.19. The van der Waals surface area contributed by atoms with Gasteiger partial charge >= 0.3 is 0 Å². The minimum absolute atomic E-state index is 0.153. The number of hydrogen-bond acceptors (Lipinski definition) is 5. The third-order valence-electron chi connectivity index (χ3n) is 3.63. The van der Waals surface area contributed by atoms with Crippen LogP contribution in [0.4, 0.5) is 0 Å². The van der Waals surface area contributed by atoms with Crippen molar-refractivity contribution >= 4 is 17.7 Å². The number of furan rings is 1. The molecule has 6 nitrogen and oxygen atoms in total. The molecule has 3 heterocycles. The first kappa shape index (κ1) is 14.2. The first-order chi connectivity index (χ1) is 10.3. The van der Waals surface area contributed by atoms with Crippen molar-refractivity contribution in [3.63, 3.8) is 0 Å². The van der Waals surface area contributed by atoms with Crippen molar-refractivity contribution in [1.29, 1.82) is 0 Å². The smallest absolute Gasteiger partial charge is 0.223 e. The van der Waals surface area contributed by atoms with E-state index in [9.17, 15) is 4.79 Å². The van der Waals surface area contributed by atoms with Crippen LogP contribution in [0.2, 0.25) is 0 Å². The molecule has 21 heavy (non-hydrogen) atoms. The number of hydrogen-bond donors (Lipinski definition) is 1. The highest BCUT2D eigenvalue weighted by molar-refractivity contribution is 7.99. The predicted octanol–water partition coefficient (Wildman–Crippen LogP) is 2.18. The van der Waals surface area contributed by atoms with Crippen molar-refractivity contribution in [2.75, 3.05) is 12.3 Å². The molecule has 2 aromatic heterocycles. The van der Waals surface area contributed by atoms with Crippen LogP contribution in [0, 0.1) is 5.92 Å². The summed E-state index contributed by atoms with van der Waals surface area (Å²) in [6.45, 7) is 3.65. The Hall–Kier alpha value is -1.76. The number of carbonyl (C=O) groups excluding carboxylic acids is 1. The summed E-state index contributed by atoms with van der Waals surface area (Å²) in [4.78, 5) is 11.5. The van der Waals surface area contributed by atoms with E-state index in [1.165, 1.54) is 0 Å². The topological polar surface area (TPSA) is 73.0 Å². The van der Waals surface area contributed by atoms with Gasteiger partial charge in [0.15, 0.2) is 16.7 Å². The van der Waals surface area contributed by atoms with Gasteiger partial charge in [0.25, 0.3) is 0 Å². The summed E-state index contributed by atoms with van der Waals surface area (Å²) in [5, 5.41) is 12.2. The third kappa shape index (κ3) is 2.97. The predicted molar refractivity (Wildman–Crippen MR) is 79.9 cm³/mol. The van der Waals surface area contributed by atoms with Crippen LogP contribution in [0.25, 0.3) is 11.6 Å². The second-order valence-electron chi connectivity index (χ2n) is 4.94. The molecule has 1 amide bonds. The molecule has 1 aliphatic rings. The SMILES string of the molecule is CCn1c(SCC[C@H]2CCNC2=O)nnc1-c1ccco1. The number of nitrogens with zero attached hydrogens (tertiary/aromatic N) is 3. The van der Waals surface area contributed by atoms with Gasteiger partial charge < -0.3 is 9.73 Å². The molecular weight excluding hydrogens is 288 g/mol. The molecule has 0 unspecified atom stereocenters. The number of rotatable bonds is 6. The number of aromatic nitrogens is 3. The van der Waals surface area contributed by atoms with Crippen molar-refractivity contribution in [3.05, 3.63) is 18.4 Å². The van der Waals surface area contributed by atoms with E-state index in [4.69, 9.17) is 4.42 Å². The highest BCUT2D eigenvalue weighted by atomic mass is 32.2. The van der Waals surface area contributed by atoms with Gasteiger partial charge in [-0.2, -0.15) is 0 Å². The Balaban J connectivity index is 1.64. The lowest BCUT2D eigenvalue weighted by molar-refractivity contribution is -0.122. The number of amides is 1. The van der Waals surface area contributed by atoms with Crippen LogP contribution in [0.5, 0.6) is 0 Å². The zero-order chi connectivity index (χ0) is 14.7. The number of nitrogens with one attached hydrogen (secondary N) is 1. The maximum atomic E-state index is 11.5. The Labute approximate surface area is 127 Å². The van der Waals surface area contributed by atoms with Crippen molar-refractivity contribution in [1.82, 2.24) is 20.1 Å². The summed E-state index contributed by atoms with van der Waals surface area (Å²) in [5.41, 5.74) is 0. The first-order valence-electron chi connectivity index (χ1n) is 7.17. The largest absolute Gasteiger partial charge is 0.461 e. The summed E-state index contributed by atoms with van der Waals surface area (Å²) < 4.78 is 7.43.